The molecular formula is C28H27N5O2. The monoisotopic (exact) mass is 465 g/mol. The number of para-hydroxylation sites is 1. The molecule has 2 aromatic carbocycles. The number of carbonyl (C=O) groups excluding carboxylic acids is 1. The van der Waals surface area contributed by atoms with E-state index in [0.29, 0.717) is 11.5 Å². The summed E-state index contributed by atoms with van der Waals surface area (Å²) in [6.45, 7) is 5.23. The minimum atomic E-state index is 0.0373. The van der Waals surface area contributed by atoms with Crippen LogP contribution in [-0.4, -0.2) is 43.6 Å². The van der Waals surface area contributed by atoms with Crippen molar-refractivity contribution in [1.82, 2.24) is 24.6 Å². The summed E-state index contributed by atoms with van der Waals surface area (Å²) >= 11 is 0. The van der Waals surface area contributed by atoms with Crippen molar-refractivity contribution < 1.29 is 9.53 Å². The quantitative estimate of drug-likeness (QED) is 0.368. The summed E-state index contributed by atoms with van der Waals surface area (Å²) in [5, 5.41) is 5.98. The minimum Gasteiger partial charge on any atom is -0.457 e. The van der Waals surface area contributed by atoms with Crippen LogP contribution in [0, 0.1) is 5.41 Å². The van der Waals surface area contributed by atoms with E-state index in [2.05, 4.69) is 21.2 Å². The van der Waals surface area contributed by atoms with Gasteiger partial charge in [-0.2, -0.15) is 5.10 Å². The van der Waals surface area contributed by atoms with Crippen molar-refractivity contribution >= 4 is 16.9 Å². The number of benzene rings is 2. The number of hydrogen-bond donors (Lipinski definition) is 0. The van der Waals surface area contributed by atoms with Crippen molar-refractivity contribution in [1.29, 1.82) is 0 Å². The Bertz CT molecular complexity index is 1360. The average molecular weight is 466 g/mol. The normalized spacial score (nSPS) is 17.3. The molecule has 1 saturated carbocycles. The van der Waals surface area contributed by atoms with Gasteiger partial charge in [0.25, 0.3) is 0 Å². The van der Waals surface area contributed by atoms with Crippen LogP contribution in [0.3, 0.4) is 0 Å². The van der Waals surface area contributed by atoms with Gasteiger partial charge in [0.05, 0.1) is 11.4 Å². The molecule has 7 heteroatoms. The number of aromatic nitrogens is 4. The summed E-state index contributed by atoms with van der Waals surface area (Å²) in [4.78, 5) is 22.7. The van der Waals surface area contributed by atoms with Crippen LogP contribution in [0.2, 0.25) is 0 Å². The van der Waals surface area contributed by atoms with E-state index in [-0.39, 0.29) is 5.91 Å². The Kier molecular flexibility index (Phi) is 5.32. The van der Waals surface area contributed by atoms with E-state index in [0.717, 1.165) is 72.6 Å². The number of rotatable bonds is 5. The van der Waals surface area contributed by atoms with Crippen LogP contribution in [0.4, 0.5) is 0 Å². The van der Waals surface area contributed by atoms with Crippen molar-refractivity contribution in [2.24, 2.45) is 5.41 Å². The van der Waals surface area contributed by atoms with E-state index in [1.807, 2.05) is 65.7 Å². The second kappa shape index (κ2) is 8.65. The zero-order valence-corrected chi connectivity index (χ0v) is 19.5. The number of fused-ring (bicyclic) bond motifs is 1. The van der Waals surface area contributed by atoms with Crippen LogP contribution < -0.4 is 4.74 Å². The third kappa shape index (κ3) is 3.97. The molecule has 1 aliphatic heterocycles. The third-order valence-corrected chi connectivity index (χ3v) is 7.47. The maximum atomic E-state index is 11.9. The molecule has 7 nitrogen and oxygen atoms in total. The van der Waals surface area contributed by atoms with Gasteiger partial charge in [0, 0.05) is 24.8 Å². The highest BCUT2D eigenvalue weighted by Gasteiger charge is 2.47. The van der Waals surface area contributed by atoms with Crippen molar-refractivity contribution in [3.8, 4) is 22.8 Å². The van der Waals surface area contributed by atoms with Crippen LogP contribution in [0.25, 0.3) is 22.3 Å². The zero-order chi connectivity index (χ0) is 23.8. The van der Waals surface area contributed by atoms with Gasteiger partial charge in [-0.05, 0) is 73.6 Å². The topological polar surface area (TPSA) is 73.1 Å². The fraction of sp³-hybridized carbons (Fsp3) is 0.286. The maximum absolute atomic E-state index is 11.9. The fourth-order valence-corrected chi connectivity index (χ4v) is 5.51. The molecule has 2 fully saturated rings. The number of carbonyl (C=O) groups is 1. The first kappa shape index (κ1) is 21.5. The van der Waals surface area contributed by atoms with E-state index in [4.69, 9.17) is 9.84 Å². The van der Waals surface area contributed by atoms with Gasteiger partial charge in [-0.25, -0.2) is 14.6 Å². The highest BCUT2D eigenvalue weighted by Crippen LogP contribution is 2.55. The molecule has 6 rings (SSSR count). The Balaban J connectivity index is 1.21. The number of piperidine rings is 1. The highest BCUT2D eigenvalue weighted by atomic mass is 16.5. The SMILES string of the molecule is C=CC(=O)N1CCC2(CC1)CC(n1nc(-c3ccc(Oc4ccccc4)cc3)c3cncnc31)C2. The number of ether oxygens (including phenoxy) is 1. The lowest BCUT2D eigenvalue weighted by Crippen LogP contribution is -2.49. The van der Waals surface area contributed by atoms with Crippen LogP contribution >= 0.6 is 0 Å². The van der Waals surface area contributed by atoms with Gasteiger partial charge in [0.2, 0.25) is 5.91 Å². The molecule has 2 aliphatic rings. The van der Waals surface area contributed by atoms with Crippen molar-refractivity contribution in [3.63, 3.8) is 0 Å². The molecule has 35 heavy (non-hydrogen) atoms. The molecule has 1 saturated heterocycles. The summed E-state index contributed by atoms with van der Waals surface area (Å²) < 4.78 is 8.03. The van der Waals surface area contributed by atoms with Crippen LogP contribution in [0.1, 0.15) is 31.7 Å². The van der Waals surface area contributed by atoms with Crippen LogP contribution in [-0.2, 0) is 4.79 Å². The van der Waals surface area contributed by atoms with E-state index in [9.17, 15) is 4.79 Å². The molecule has 2 aromatic heterocycles. The molecule has 0 N–H and O–H groups in total. The van der Waals surface area contributed by atoms with E-state index in [1.54, 1.807) is 6.33 Å². The number of likely N-dealkylation sites (tertiary alicyclic amines) is 1. The van der Waals surface area contributed by atoms with Gasteiger partial charge < -0.3 is 9.64 Å². The Morgan fingerprint density at radius 2 is 1.74 bits per heavy atom. The molecule has 4 aromatic rings. The molecule has 1 spiro atoms. The fourth-order valence-electron chi connectivity index (χ4n) is 5.51. The third-order valence-electron chi connectivity index (χ3n) is 7.47. The summed E-state index contributed by atoms with van der Waals surface area (Å²) in [5.41, 5.74) is 3.07. The second-order valence-electron chi connectivity index (χ2n) is 9.58. The van der Waals surface area contributed by atoms with Gasteiger partial charge in [0.15, 0.2) is 5.65 Å². The lowest BCUT2D eigenvalue weighted by Gasteiger charge is -2.52. The summed E-state index contributed by atoms with van der Waals surface area (Å²) in [6, 6.07) is 18.1. The zero-order valence-electron chi connectivity index (χ0n) is 19.5. The summed E-state index contributed by atoms with van der Waals surface area (Å²) in [5.74, 6) is 1.62. The van der Waals surface area contributed by atoms with Gasteiger partial charge in [-0.3, -0.25) is 4.79 Å². The van der Waals surface area contributed by atoms with E-state index >= 15 is 0 Å². The predicted molar refractivity (Wildman–Crippen MR) is 134 cm³/mol. The van der Waals surface area contributed by atoms with Gasteiger partial charge >= 0.3 is 0 Å². The highest BCUT2D eigenvalue weighted by molar-refractivity contribution is 5.90. The first-order chi connectivity index (χ1) is 17.1. The van der Waals surface area contributed by atoms with Gasteiger partial charge in [0.1, 0.15) is 23.5 Å². The Morgan fingerprint density at radius 1 is 1.03 bits per heavy atom. The smallest absolute Gasteiger partial charge is 0.245 e. The molecule has 1 aliphatic carbocycles. The van der Waals surface area contributed by atoms with E-state index < -0.39 is 0 Å². The van der Waals surface area contributed by atoms with Crippen LogP contribution in [0.5, 0.6) is 11.5 Å². The lowest BCUT2D eigenvalue weighted by atomic mass is 9.60. The molecule has 176 valence electrons. The number of hydrogen-bond acceptors (Lipinski definition) is 5. The first-order valence-corrected chi connectivity index (χ1v) is 12.1. The Hall–Kier alpha value is -4.00. The van der Waals surface area contributed by atoms with Gasteiger partial charge in [-0.15, -0.1) is 0 Å². The molecule has 3 heterocycles. The molecular weight excluding hydrogens is 438 g/mol. The standard InChI is InChI=1S/C28H27N5O2/c1-2-25(34)32-14-12-28(13-15-32)16-21(17-28)33-27-24(18-29-19-30-27)26(31-33)20-8-10-23(11-9-20)35-22-6-4-3-5-7-22/h2-11,18-19,21H,1,12-17H2. The molecule has 0 unspecified atom stereocenters. The largest absolute Gasteiger partial charge is 0.457 e. The Labute approximate surface area is 204 Å². The lowest BCUT2D eigenvalue weighted by molar-refractivity contribution is -0.130. The van der Waals surface area contributed by atoms with Crippen molar-refractivity contribution in [2.45, 2.75) is 31.7 Å². The molecule has 0 radical (unpaired) electrons. The van der Waals surface area contributed by atoms with Crippen molar-refractivity contribution in [2.75, 3.05) is 13.1 Å². The summed E-state index contributed by atoms with van der Waals surface area (Å²) in [7, 11) is 0. The maximum Gasteiger partial charge on any atom is 0.245 e. The van der Waals surface area contributed by atoms with E-state index in [1.165, 1.54) is 6.08 Å². The molecule has 0 atom stereocenters. The second-order valence-corrected chi connectivity index (χ2v) is 9.58. The minimum absolute atomic E-state index is 0.0373. The van der Waals surface area contributed by atoms with Crippen LogP contribution in [0.15, 0.2) is 79.8 Å². The molecule has 0 bridgehead atoms. The Morgan fingerprint density at radius 3 is 2.46 bits per heavy atom. The number of amides is 1. The predicted octanol–water partition coefficient (Wildman–Crippen LogP) is 5.42. The average Bonchev–Trinajstić information content (AvgIpc) is 3.27. The van der Waals surface area contributed by atoms with Crippen molar-refractivity contribution in [3.05, 3.63) is 79.8 Å². The number of nitrogens with zero attached hydrogens (tertiary/aromatic N) is 5. The summed E-state index contributed by atoms with van der Waals surface area (Å²) in [6.07, 6.45) is 9.05. The molecule has 1 amide bonds. The van der Waals surface area contributed by atoms with Gasteiger partial charge in [-0.1, -0.05) is 24.8 Å². The first-order valence-electron chi connectivity index (χ1n) is 12.1.